The number of hydrogen-bond donors (Lipinski definition) is 0. The van der Waals surface area contributed by atoms with Gasteiger partial charge < -0.3 is 4.90 Å². The first kappa shape index (κ1) is 16.6. The predicted octanol–water partition coefficient (Wildman–Crippen LogP) is 2.38. The first-order valence-corrected chi connectivity index (χ1v) is 9.21. The van der Waals surface area contributed by atoms with Crippen molar-refractivity contribution in [3.63, 3.8) is 0 Å². The van der Waals surface area contributed by atoms with Crippen LogP contribution < -0.4 is 10.5 Å². The highest BCUT2D eigenvalue weighted by atomic mass is 16.1. The summed E-state index contributed by atoms with van der Waals surface area (Å²) >= 11 is 0. The van der Waals surface area contributed by atoms with E-state index in [2.05, 4.69) is 25.0 Å². The lowest BCUT2D eigenvalue weighted by Gasteiger charge is -2.40. The maximum atomic E-state index is 12.3. The first-order valence-electron chi connectivity index (χ1n) is 9.21. The highest BCUT2D eigenvalue weighted by molar-refractivity contribution is 5.89. The minimum atomic E-state index is -0.0799. The SMILES string of the molecule is O=c1ccc(-c2ccncc2)nn1CC1CN(c2ncnc3ccccc23)C1. The summed E-state index contributed by atoms with van der Waals surface area (Å²) in [5, 5.41) is 5.60. The van der Waals surface area contributed by atoms with Crippen molar-refractivity contribution in [1.29, 1.82) is 0 Å². The van der Waals surface area contributed by atoms with E-state index in [1.165, 1.54) is 0 Å². The molecule has 0 unspecified atom stereocenters. The van der Waals surface area contributed by atoms with Gasteiger partial charge in [-0.25, -0.2) is 14.6 Å². The monoisotopic (exact) mass is 370 g/mol. The first-order chi connectivity index (χ1) is 13.8. The van der Waals surface area contributed by atoms with Crippen molar-refractivity contribution in [2.45, 2.75) is 6.54 Å². The number of anilines is 1. The summed E-state index contributed by atoms with van der Waals surface area (Å²) in [6, 6.07) is 15.1. The van der Waals surface area contributed by atoms with E-state index in [9.17, 15) is 4.79 Å². The molecule has 7 heteroatoms. The van der Waals surface area contributed by atoms with Gasteiger partial charge in [0.15, 0.2) is 0 Å². The average molecular weight is 370 g/mol. The van der Waals surface area contributed by atoms with Crippen molar-refractivity contribution in [1.82, 2.24) is 24.7 Å². The van der Waals surface area contributed by atoms with Crippen LogP contribution in [0.1, 0.15) is 0 Å². The van der Waals surface area contributed by atoms with Gasteiger partial charge in [-0.3, -0.25) is 9.78 Å². The second-order valence-corrected chi connectivity index (χ2v) is 6.96. The van der Waals surface area contributed by atoms with Crippen molar-refractivity contribution < 1.29 is 0 Å². The molecule has 1 aliphatic heterocycles. The summed E-state index contributed by atoms with van der Waals surface area (Å²) in [6.45, 7) is 2.28. The number of rotatable bonds is 4. The Morgan fingerprint density at radius 2 is 1.79 bits per heavy atom. The van der Waals surface area contributed by atoms with E-state index in [0.717, 1.165) is 41.1 Å². The van der Waals surface area contributed by atoms with Gasteiger partial charge in [0, 0.05) is 48.4 Å². The molecule has 0 N–H and O–H groups in total. The van der Waals surface area contributed by atoms with Gasteiger partial charge in [-0.15, -0.1) is 0 Å². The highest BCUT2D eigenvalue weighted by Crippen LogP contribution is 2.29. The van der Waals surface area contributed by atoms with Crippen LogP contribution in [0.5, 0.6) is 0 Å². The molecule has 4 aromatic rings. The van der Waals surface area contributed by atoms with Gasteiger partial charge >= 0.3 is 0 Å². The normalized spacial score (nSPS) is 14.2. The summed E-state index contributed by atoms with van der Waals surface area (Å²) in [4.78, 5) is 27.3. The molecule has 28 heavy (non-hydrogen) atoms. The lowest BCUT2D eigenvalue weighted by atomic mass is 9.99. The van der Waals surface area contributed by atoms with E-state index in [0.29, 0.717) is 12.5 Å². The van der Waals surface area contributed by atoms with Gasteiger partial charge in [0.2, 0.25) is 0 Å². The molecular formula is C21H18N6O. The predicted molar refractivity (Wildman–Crippen MR) is 107 cm³/mol. The zero-order valence-corrected chi connectivity index (χ0v) is 15.1. The van der Waals surface area contributed by atoms with Crippen LogP contribution in [0.15, 0.2) is 72.0 Å². The summed E-state index contributed by atoms with van der Waals surface area (Å²) < 4.78 is 1.57. The largest absolute Gasteiger partial charge is 0.355 e. The van der Waals surface area contributed by atoms with Crippen LogP contribution in [0, 0.1) is 5.92 Å². The van der Waals surface area contributed by atoms with Crippen molar-refractivity contribution >= 4 is 16.7 Å². The van der Waals surface area contributed by atoms with Crippen molar-refractivity contribution in [3.8, 4) is 11.3 Å². The minimum absolute atomic E-state index is 0.0799. The fourth-order valence-corrected chi connectivity index (χ4v) is 3.60. The molecule has 0 saturated carbocycles. The zero-order valence-electron chi connectivity index (χ0n) is 15.1. The van der Waals surface area contributed by atoms with E-state index in [1.807, 2.05) is 36.4 Å². The van der Waals surface area contributed by atoms with Gasteiger partial charge in [-0.2, -0.15) is 5.10 Å². The Morgan fingerprint density at radius 3 is 2.64 bits per heavy atom. The molecule has 3 aromatic heterocycles. The molecule has 1 fully saturated rings. The number of nitrogens with zero attached hydrogens (tertiary/aromatic N) is 6. The molecule has 0 amide bonds. The maximum absolute atomic E-state index is 12.3. The number of aromatic nitrogens is 5. The quantitative estimate of drug-likeness (QED) is 0.549. The second-order valence-electron chi connectivity index (χ2n) is 6.96. The number of hydrogen-bond acceptors (Lipinski definition) is 6. The molecule has 0 radical (unpaired) electrons. The minimum Gasteiger partial charge on any atom is -0.355 e. The fraction of sp³-hybridized carbons (Fsp3) is 0.190. The Kier molecular flexibility index (Phi) is 4.05. The Hall–Kier alpha value is -3.61. The van der Waals surface area contributed by atoms with Crippen LogP contribution >= 0.6 is 0 Å². The standard InChI is InChI=1S/C21H18N6O/c28-20-6-5-18(16-7-9-22-10-8-16)25-27(20)13-15-11-26(12-15)21-17-3-1-2-4-19(17)23-14-24-21/h1-10,14-15H,11-13H2. The topological polar surface area (TPSA) is 76.8 Å². The number of fused-ring (bicyclic) bond motifs is 1. The smallest absolute Gasteiger partial charge is 0.266 e. The molecule has 0 aliphatic carbocycles. The van der Waals surface area contributed by atoms with Crippen molar-refractivity contribution in [2.24, 2.45) is 5.92 Å². The molecule has 1 aromatic carbocycles. The molecule has 5 rings (SSSR count). The molecular weight excluding hydrogens is 352 g/mol. The lowest BCUT2D eigenvalue weighted by molar-refractivity contribution is 0.334. The molecule has 0 bridgehead atoms. The number of benzene rings is 1. The van der Waals surface area contributed by atoms with Crippen LogP contribution in [0.2, 0.25) is 0 Å². The van der Waals surface area contributed by atoms with Crippen LogP contribution in [-0.4, -0.2) is 37.8 Å². The molecule has 0 spiro atoms. The van der Waals surface area contributed by atoms with Gasteiger partial charge in [0.25, 0.3) is 5.56 Å². The summed E-state index contributed by atoms with van der Waals surface area (Å²) in [7, 11) is 0. The highest BCUT2D eigenvalue weighted by Gasteiger charge is 2.29. The van der Waals surface area contributed by atoms with E-state index in [4.69, 9.17) is 0 Å². The Bertz CT molecular complexity index is 1180. The molecule has 138 valence electrons. The van der Waals surface area contributed by atoms with Crippen LogP contribution in [0.4, 0.5) is 5.82 Å². The maximum Gasteiger partial charge on any atom is 0.266 e. The molecule has 4 heterocycles. The van der Waals surface area contributed by atoms with Crippen molar-refractivity contribution in [3.05, 3.63) is 77.6 Å². The summed E-state index contributed by atoms with van der Waals surface area (Å²) in [5.41, 5.74) is 2.59. The third-order valence-electron chi connectivity index (χ3n) is 5.05. The van der Waals surface area contributed by atoms with E-state index >= 15 is 0 Å². The van der Waals surface area contributed by atoms with Crippen molar-refractivity contribution in [2.75, 3.05) is 18.0 Å². The summed E-state index contributed by atoms with van der Waals surface area (Å²) in [6.07, 6.45) is 5.06. The van der Waals surface area contributed by atoms with Crippen LogP contribution in [-0.2, 0) is 6.54 Å². The van der Waals surface area contributed by atoms with Gasteiger partial charge in [0.05, 0.1) is 17.8 Å². The third-order valence-corrected chi connectivity index (χ3v) is 5.05. The average Bonchev–Trinajstić information content (AvgIpc) is 2.72. The second kappa shape index (κ2) is 6.84. The Morgan fingerprint density at radius 1 is 0.964 bits per heavy atom. The molecule has 0 atom stereocenters. The van der Waals surface area contributed by atoms with E-state index in [-0.39, 0.29) is 5.56 Å². The van der Waals surface area contributed by atoms with Gasteiger partial charge in [0.1, 0.15) is 12.1 Å². The van der Waals surface area contributed by atoms with E-state index in [1.54, 1.807) is 35.5 Å². The van der Waals surface area contributed by atoms with E-state index < -0.39 is 0 Å². The Balaban J connectivity index is 1.33. The number of para-hydroxylation sites is 1. The molecule has 1 saturated heterocycles. The van der Waals surface area contributed by atoms with Gasteiger partial charge in [-0.1, -0.05) is 12.1 Å². The lowest BCUT2D eigenvalue weighted by Crippen LogP contribution is -2.50. The summed E-state index contributed by atoms with van der Waals surface area (Å²) in [5.74, 6) is 1.30. The fourth-order valence-electron chi connectivity index (χ4n) is 3.60. The third kappa shape index (κ3) is 3.00. The van der Waals surface area contributed by atoms with Gasteiger partial charge in [-0.05, 0) is 30.3 Å². The van der Waals surface area contributed by atoms with Crippen LogP contribution in [0.3, 0.4) is 0 Å². The number of pyridine rings is 1. The Labute approximate surface area is 161 Å². The molecule has 7 nitrogen and oxygen atoms in total. The van der Waals surface area contributed by atoms with Crippen LogP contribution in [0.25, 0.3) is 22.2 Å². The molecule has 1 aliphatic rings. The zero-order chi connectivity index (χ0) is 18.9.